The number of carbonyl (C=O) groups is 1. The molecule has 3 heteroatoms. The first-order valence-electron chi connectivity index (χ1n) is 8.78. The second-order valence-electron chi connectivity index (χ2n) is 7.32. The summed E-state index contributed by atoms with van der Waals surface area (Å²) in [6.45, 7) is 7.81. The summed E-state index contributed by atoms with van der Waals surface area (Å²) in [5, 5.41) is 9.21. The van der Waals surface area contributed by atoms with Crippen molar-refractivity contribution in [1.29, 1.82) is 0 Å². The van der Waals surface area contributed by atoms with E-state index in [9.17, 15) is 9.90 Å². The maximum atomic E-state index is 11.2. The van der Waals surface area contributed by atoms with Gasteiger partial charge in [-0.25, -0.2) is 0 Å². The quantitative estimate of drug-likeness (QED) is 0.464. The molecule has 0 aromatic rings. The van der Waals surface area contributed by atoms with Crippen molar-refractivity contribution in [2.24, 2.45) is 11.1 Å². The Morgan fingerprint density at radius 1 is 0.857 bits per heavy atom. The number of hydrogen-bond acceptors (Lipinski definition) is 2. The third kappa shape index (κ3) is 7.85. The molecule has 1 unspecified atom stereocenters. The standard InChI is InChI=1S/C18H37NO2/c1-5-6-7-8-9-10-11-12-13-14-15-17(2,3)18(4,19)16(20)21/h5-15,19H2,1-4H3,(H,20,21). The first kappa shape index (κ1) is 20.4. The van der Waals surface area contributed by atoms with Gasteiger partial charge in [-0.3, -0.25) is 4.79 Å². The monoisotopic (exact) mass is 299 g/mol. The van der Waals surface area contributed by atoms with Gasteiger partial charge < -0.3 is 10.8 Å². The molecule has 0 spiro atoms. The van der Waals surface area contributed by atoms with E-state index in [-0.39, 0.29) is 5.41 Å². The second kappa shape index (κ2) is 10.2. The molecule has 0 bridgehead atoms. The van der Waals surface area contributed by atoms with Crippen LogP contribution < -0.4 is 5.73 Å². The van der Waals surface area contributed by atoms with Gasteiger partial charge in [0.2, 0.25) is 0 Å². The molecule has 0 rings (SSSR count). The van der Waals surface area contributed by atoms with Crippen LogP contribution >= 0.6 is 0 Å². The van der Waals surface area contributed by atoms with Gasteiger partial charge in [-0.05, 0) is 18.8 Å². The highest BCUT2D eigenvalue weighted by molar-refractivity contribution is 5.79. The van der Waals surface area contributed by atoms with Crippen LogP contribution in [0.3, 0.4) is 0 Å². The number of hydrogen-bond donors (Lipinski definition) is 2. The van der Waals surface area contributed by atoms with Crippen molar-refractivity contribution in [2.45, 2.75) is 104 Å². The number of unbranched alkanes of at least 4 members (excludes halogenated alkanes) is 9. The minimum Gasteiger partial charge on any atom is -0.480 e. The molecule has 0 radical (unpaired) electrons. The normalized spacial score (nSPS) is 14.9. The van der Waals surface area contributed by atoms with Gasteiger partial charge in [-0.15, -0.1) is 0 Å². The Kier molecular flexibility index (Phi) is 9.93. The minimum absolute atomic E-state index is 0.362. The van der Waals surface area contributed by atoms with Crippen molar-refractivity contribution >= 4 is 5.97 Å². The molecule has 21 heavy (non-hydrogen) atoms. The van der Waals surface area contributed by atoms with Gasteiger partial charge in [0.25, 0.3) is 0 Å². The van der Waals surface area contributed by atoms with Crippen LogP contribution in [0.25, 0.3) is 0 Å². The second-order valence-corrected chi connectivity index (χ2v) is 7.32. The minimum atomic E-state index is -1.15. The van der Waals surface area contributed by atoms with Crippen molar-refractivity contribution < 1.29 is 9.90 Å². The fraction of sp³-hybridized carbons (Fsp3) is 0.944. The summed E-state index contributed by atoms with van der Waals surface area (Å²) in [6.07, 6.45) is 13.9. The highest BCUT2D eigenvalue weighted by Gasteiger charge is 2.43. The fourth-order valence-corrected chi connectivity index (χ4v) is 2.60. The fourth-order valence-electron chi connectivity index (χ4n) is 2.60. The predicted octanol–water partition coefficient (Wildman–Crippen LogP) is 5.13. The number of carboxylic acid groups (broad SMARTS) is 1. The Hall–Kier alpha value is -0.570. The highest BCUT2D eigenvalue weighted by atomic mass is 16.4. The van der Waals surface area contributed by atoms with Gasteiger partial charge in [-0.1, -0.05) is 85.0 Å². The summed E-state index contributed by atoms with van der Waals surface area (Å²) in [6, 6.07) is 0. The Balaban J connectivity index is 3.65. The van der Waals surface area contributed by atoms with Gasteiger partial charge in [0.05, 0.1) is 0 Å². The van der Waals surface area contributed by atoms with Gasteiger partial charge in [0.15, 0.2) is 0 Å². The molecule has 0 aliphatic carbocycles. The van der Waals surface area contributed by atoms with Crippen LogP contribution in [0.5, 0.6) is 0 Å². The summed E-state index contributed by atoms with van der Waals surface area (Å²) >= 11 is 0. The molecule has 0 saturated heterocycles. The van der Waals surface area contributed by atoms with E-state index < -0.39 is 11.5 Å². The summed E-state index contributed by atoms with van der Waals surface area (Å²) in [4.78, 5) is 11.2. The van der Waals surface area contributed by atoms with E-state index in [4.69, 9.17) is 5.73 Å². The smallest absolute Gasteiger partial charge is 0.323 e. The molecule has 0 aromatic heterocycles. The van der Waals surface area contributed by atoms with Crippen LogP contribution in [-0.4, -0.2) is 16.6 Å². The maximum absolute atomic E-state index is 11.2. The number of aliphatic carboxylic acids is 1. The zero-order chi connectivity index (χ0) is 16.4. The van der Waals surface area contributed by atoms with E-state index in [1.807, 2.05) is 13.8 Å². The van der Waals surface area contributed by atoms with Crippen molar-refractivity contribution in [3.8, 4) is 0 Å². The molecule has 0 aliphatic heterocycles. The first-order chi connectivity index (χ1) is 9.75. The number of nitrogens with two attached hydrogens (primary N) is 1. The van der Waals surface area contributed by atoms with E-state index in [1.165, 1.54) is 57.8 Å². The third-order valence-corrected chi connectivity index (χ3v) is 5.01. The molecule has 126 valence electrons. The van der Waals surface area contributed by atoms with Crippen LogP contribution in [0, 0.1) is 5.41 Å². The maximum Gasteiger partial charge on any atom is 0.323 e. The lowest BCUT2D eigenvalue weighted by atomic mass is 9.70. The Labute approximate surface area is 131 Å². The SMILES string of the molecule is CCCCCCCCCCCCC(C)(C)C(C)(N)C(=O)O. The van der Waals surface area contributed by atoms with Crippen molar-refractivity contribution in [1.82, 2.24) is 0 Å². The lowest BCUT2D eigenvalue weighted by Crippen LogP contribution is -2.56. The first-order valence-corrected chi connectivity index (χ1v) is 8.78. The Morgan fingerprint density at radius 3 is 1.62 bits per heavy atom. The predicted molar refractivity (Wildman–Crippen MR) is 90.5 cm³/mol. The van der Waals surface area contributed by atoms with E-state index in [0.717, 1.165) is 12.8 Å². The molecular formula is C18H37NO2. The van der Waals surface area contributed by atoms with Gasteiger partial charge in [-0.2, -0.15) is 0 Å². The van der Waals surface area contributed by atoms with Crippen LogP contribution in [0.2, 0.25) is 0 Å². The van der Waals surface area contributed by atoms with Gasteiger partial charge in [0, 0.05) is 0 Å². The van der Waals surface area contributed by atoms with Crippen molar-refractivity contribution in [3.63, 3.8) is 0 Å². The molecule has 0 fully saturated rings. The third-order valence-electron chi connectivity index (χ3n) is 5.01. The summed E-state index contributed by atoms with van der Waals surface area (Å²) in [7, 11) is 0. The molecule has 0 saturated carbocycles. The van der Waals surface area contributed by atoms with Crippen molar-refractivity contribution in [2.75, 3.05) is 0 Å². The van der Waals surface area contributed by atoms with E-state index in [0.29, 0.717) is 0 Å². The van der Waals surface area contributed by atoms with Crippen LogP contribution in [0.4, 0.5) is 0 Å². The van der Waals surface area contributed by atoms with Crippen LogP contribution in [-0.2, 0) is 4.79 Å². The zero-order valence-electron chi connectivity index (χ0n) is 14.7. The van der Waals surface area contributed by atoms with Gasteiger partial charge in [0.1, 0.15) is 5.54 Å². The van der Waals surface area contributed by atoms with Gasteiger partial charge >= 0.3 is 5.97 Å². The number of rotatable bonds is 13. The Bertz CT molecular complexity index is 285. The summed E-state index contributed by atoms with van der Waals surface area (Å²) in [5.74, 6) is -0.903. The average molecular weight is 299 g/mol. The lowest BCUT2D eigenvalue weighted by Gasteiger charge is -2.38. The molecule has 3 nitrogen and oxygen atoms in total. The Morgan fingerprint density at radius 2 is 1.24 bits per heavy atom. The molecule has 1 atom stereocenters. The topological polar surface area (TPSA) is 63.3 Å². The lowest BCUT2D eigenvalue weighted by molar-refractivity contribution is -0.147. The van der Waals surface area contributed by atoms with Crippen LogP contribution in [0.1, 0.15) is 98.3 Å². The molecule has 0 aromatic carbocycles. The van der Waals surface area contributed by atoms with E-state index in [1.54, 1.807) is 6.92 Å². The van der Waals surface area contributed by atoms with Crippen LogP contribution in [0.15, 0.2) is 0 Å². The van der Waals surface area contributed by atoms with E-state index >= 15 is 0 Å². The summed E-state index contributed by atoms with van der Waals surface area (Å²) in [5.41, 5.74) is 4.45. The van der Waals surface area contributed by atoms with Crippen molar-refractivity contribution in [3.05, 3.63) is 0 Å². The molecule has 0 amide bonds. The molecular weight excluding hydrogens is 262 g/mol. The highest BCUT2D eigenvalue weighted by Crippen LogP contribution is 2.34. The van der Waals surface area contributed by atoms with E-state index in [2.05, 4.69) is 6.92 Å². The molecule has 0 heterocycles. The molecule has 0 aliphatic rings. The zero-order valence-corrected chi connectivity index (χ0v) is 14.7. The largest absolute Gasteiger partial charge is 0.480 e. The summed E-state index contributed by atoms with van der Waals surface area (Å²) < 4.78 is 0. The number of carboxylic acids is 1. The average Bonchev–Trinajstić information content (AvgIpc) is 2.40. The molecule has 3 N–H and O–H groups in total.